The topological polar surface area (TPSA) is 67.9 Å². The van der Waals surface area contributed by atoms with Crippen LogP contribution in [0.4, 0.5) is 4.79 Å². The van der Waals surface area contributed by atoms with E-state index in [1.165, 1.54) is 7.11 Å². The van der Waals surface area contributed by atoms with Gasteiger partial charge < -0.3 is 19.6 Å². The summed E-state index contributed by atoms with van der Waals surface area (Å²) in [5.41, 5.74) is 0.992. The number of hydrogen-bond acceptors (Lipinski definition) is 5. The molecule has 1 fully saturated rings. The van der Waals surface area contributed by atoms with Gasteiger partial charge in [0.1, 0.15) is 6.61 Å². The van der Waals surface area contributed by atoms with E-state index in [4.69, 9.17) is 9.47 Å². The molecule has 0 radical (unpaired) electrons. The number of ether oxygens (including phenoxy) is 2. The minimum atomic E-state index is -0.251. The number of benzene rings is 1. The zero-order valence-corrected chi connectivity index (χ0v) is 15.1. The van der Waals surface area contributed by atoms with Gasteiger partial charge in [0.25, 0.3) is 0 Å². The normalized spacial score (nSPS) is 16.3. The number of hydrogen-bond donors (Lipinski definition) is 1. The zero-order valence-electron chi connectivity index (χ0n) is 15.1. The monoisotopic (exact) mass is 346 g/mol. The Balaban J connectivity index is 1.68. The van der Waals surface area contributed by atoms with Crippen LogP contribution in [0, 0.1) is 5.92 Å². The van der Waals surface area contributed by atoms with E-state index >= 15 is 0 Å². The van der Waals surface area contributed by atoms with E-state index in [2.05, 4.69) is 5.23 Å². The van der Waals surface area contributed by atoms with Crippen LogP contribution in [0.3, 0.4) is 0 Å². The van der Waals surface area contributed by atoms with Crippen molar-refractivity contribution in [3.8, 4) is 0 Å². The van der Waals surface area contributed by atoms with Crippen LogP contribution in [-0.2, 0) is 20.9 Å². The lowest BCUT2D eigenvalue weighted by molar-refractivity contribution is -0.142. The van der Waals surface area contributed by atoms with E-state index in [0.717, 1.165) is 31.2 Å². The summed E-state index contributed by atoms with van der Waals surface area (Å²) < 4.78 is 10.2. The average molecular weight is 346 g/mol. The summed E-state index contributed by atoms with van der Waals surface area (Å²) in [5.74, 6) is 0.308. The maximum absolute atomic E-state index is 12.2. The zero-order chi connectivity index (χ0) is 18.1. The molecular weight excluding hydrogens is 319 g/mol. The van der Waals surface area contributed by atoms with Crippen molar-refractivity contribution in [1.82, 2.24) is 10.1 Å². The van der Waals surface area contributed by atoms with Gasteiger partial charge in [0.05, 0.1) is 13.2 Å². The summed E-state index contributed by atoms with van der Waals surface area (Å²) in [4.78, 5) is 25.5. The van der Waals surface area contributed by atoms with Gasteiger partial charge in [-0.3, -0.25) is 4.79 Å². The standard InChI is InChI=1S/C18H27BN2O4/c1-24-17(22)16(20-19)8-7-14-9-11-21(12-10-14)18(23)25-13-15-5-3-2-4-6-15/h2-6,14,16,20H,7-13,19H2,1H3/t16-/m0/s1. The highest BCUT2D eigenvalue weighted by Crippen LogP contribution is 2.23. The first kappa shape index (κ1) is 19.3. The van der Waals surface area contributed by atoms with Gasteiger partial charge in [-0.25, -0.2) is 4.79 Å². The van der Waals surface area contributed by atoms with Gasteiger partial charge in [0.2, 0.25) is 0 Å². The molecule has 1 N–H and O–H groups in total. The number of esters is 1. The van der Waals surface area contributed by atoms with Crippen molar-refractivity contribution >= 4 is 20.0 Å². The molecule has 0 spiro atoms. The maximum Gasteiger partial charge on any atom is 0.410 e. The van der Waals surface area contributed by atoms with Gasteiger partial charge >= 0.3 is 12.1 Å². The van der Waals surface area contributed by atoms with E-state index in [1.54, 1.807) is 12.9 Å². The molecule has 0 bridgehead atoms. The Morgan fingerprint density at radius 1 is 1.28 bits per heavy atom. The van der Waals surface area contributed by atoms with Crippen molar-refractivity contribution < 1.29 is 19.1 Å². The molecule has 1 atom stereocenters. The second-order valence-corrected chi connectivity index (χ2v) is 6.41. The second-order valence-electron chi connectivity index (χ2n) is 6.41. The lowest BCUT2D eigenvalue weighted by atomic mass is 9.90. The van der Waals surface area contributed by atoms with Crippen LogP contribution in [0.1, 0.15) is 31.2 Å². The van der Waals surface area contributed by atoms with E-state index < -0.39 is 0 Å². The van der Waals surface area contributed by atoms with Crippen molar-refractivity contribution in [2.75, 3.05) is 20.2 Å². The highest BCUT2D eigenvalue weighted by atomic mass is 16.6. The third-order valence-electron chi connectivity index (χ3n) is 4.78. The summed E-state index contributed by atoms with van der Waals surface area (Å²) in [5, 5.41) is 2.99. The Bertz CT molecular complexity index is 547. The van der Waals surface area contributed by atoms with Crippen molar-refractivity contribution in [1.29, 1.82) is 0 Å². The van der Waals surface area contributed by atoms with Crippen LogP contribution in [0.15, 0.2) is 30.3 Å². The first-order valence-electron chi connectivity index (χ1n) is 8.84. The fourth-order valence-electron chi connectivity index (χ4n) is 3.14. The molecule has 2 rings (SSSR count). The van der Waals surface area contributed by atoms with Crippen LogP contribution in [0.25, 0.3) is 0 Å². The van der Waals surface area contributed by atoms with Crippen LogP contribution in [0.2, 0.25) is 0 Å². The van der Waals surface area contributed by atoms with Crippen LogP contribution >= 0.6 is 0 Å². The molecule has 1 saturated heterocycles. The van der Waals surface area contributed by atoms with Crippen molar-refractivity contribution in [3.05, 3.63) is 35.9 Å². The number of amides is 1. The molecule has 136 valence electrons. The lowest BCUT2D eigenvalue weighted by Gasteiger charge is -2.31. The van der Waals surface area contributed by atoms with Gasteiger partial charge in [0, 0.05) is 13.1 Å². The fourth-order valence-corrected chi connectivity index (χ4v) is 3.14. The summed E-state index contributed by atoms with van der Waals surface area (Å²) in [6, 6.07) is 9.44. The predicted molar refractivity (Wildman–Crippen MR) is 97.6 cm³/mol. The summed E-state index contributed by atoms with van der Waals surface area (Å²) in [6.07, 6.45) is 3.35. The summed E-state index contributed by atoms with van der Waals surface area (Å²) in [6.45, 7) is 1.73. The molecule has 1 aliphatic rings. The quantitative estimate of drug-likeness (QED) is 0.599. The molecule has 1 aromatic carbocycles. The number of rotatable bonds is 7. The molecule has 0 unspecified atom stereocenters. The third kappa shape index (κ3) is 6.09. The molecule has 6 nitrogen and oxygen atoms in total. The number of nitrogens with one attached hydrogen (secondary N) is 1. The highest BCUT2D eigenvalue weighted by molar-refractivity contribution is 6.06. The molecule has 1 aliphatic heterocycles. The summed E-state index contributed by atoms with van der Waals surface area (Å²) >= 11 is 0. The Labute approximate surface area is 150 Å². The maximum atomic E-state index is 12.2. The molecule has 25 heavy (non-hydrogen) atoms. The van der Waals surface area contributed by atoms with Crippen molar-refractivity contribution in [2.45, 2.75) is 38.3 Å². The Hall–Kier alpha value is -2.02. The SMILES string of the molecule is BN[C@@H](CCC1CCN(C(=O)OCc2ccccc2)CC1)C(=O)OC. The molecule has 0 saturated carbocycles. The minimum absolute atomic E-state index is 0.218. The third-order valence-corrected chi connectivity index (χ3v) is 4.78. The molecule has 1 aromatic rings. The molecule has 1 amide bonds. The first-order chi connectivity index (χ1) is 12.1. The number of carbonyl (C=O) groups is 2. The summed E-state index contributed by atoms with van der Waals surface area (Å²) in [7, 11) is 3.18. The number of carbonyl (C=O) groups excluding carboxylic acids is 2. The molecule has 1 heterocycles. The molecule has 0 aromatic heterocycles. The molecule has 7 heteroatoms. The number of piperidine rings is 1. The van der Waals surface area contributed by atoms with E-state index in [-0.39, 0.29) is 18.1 Å². The number of methoxy groups -OCH3 is 1. The molecule has 0 aliphatic carbocycles. The largest absolute Gasteiger partial charge is 0.468 e. The number of nitrogens with zero attached hydrogens (tertiary/aromatic N) is 1. The van der Waals surface area contributed by atoms with Crippen LogP contribution < -0.4 is 5.23 Å². The van der Waals surface area contributed by atoms with E-state index in [0.29, 0.717) is 25.6 Å². The van der Waals surface area contributed by atoms with Crippen LogP contribution in [-0.4, -0.2) is 51.2 Å². The number of likely N-dealkylation sites (tertiary alicyclic amines) is 1. The average Bonchev–Trinajstić information content (AvgIpc) is 2.67. The molecular formula is C18H27BN2O4. The van der Waals surface area contributed by atoms with Crippen molar-refractivity contribution in [2.24, 2.45) is 5.92 Å². The highest BCUT2D eigenvalue weighted by Gasteiger charge is 2.25. The van der Waals surface area contributed by atoms with E-state index in [9.17, 15) is 9.59 Å². The Morgan fingerprint density at radius 3 is 2.56 bits per heavy atom. The van der Waals surface area contributed by atoms with Crippen LogP contribution in [0.5, 0.6) is 0 Å². The smallest absolute Gasteiger partial charge is 0.410 e. The van der Waals surface area contributed by atoms with Gasteiger partial charge in [-0.15, -0.1) is 0 Å². The van der Waals surface area contributed by atoms with Crippen molar-refractivity contribution in [3.63, 3.8) is 0 Å². The van der Waals surface area contributed by atoms with Gasteiger partial charge in [-0.2, -0.15) is 0 Å². The lowest BCUT2D eigenvalue weighted by Crippen LogP contribution is -2.40. The first-order valence-corrected chi connectivity index (χ1v) is 8.84. The predicted octanol–water partition coefficient (Wildman–Crippen LogP) is 1.49. The Kier molecular flexibility index (Phi) is 7.79. The van der Waals surface area contributed by atoms with Gasteiger partial charge in [-0.05, 0) is 37.2 Å². The minimum Gasteiger partial charge on any atom is -0.468 e. The van der Waals surface area contributed by atoms with Gasteiger partial charge in [0.15, 0.2) is 7.98 Å². The fraction of sp³-hybridized carbons (Fsp3) is 0.556. The van der Waals surface area contributed by atoms with E-state index in [1.807, 2.05) is 30.3 Å². The van der Waals surface area contributed by atoms with Gasteiger partial charge in [-0.1, -0.05) is 30.3 Å². The Morgan fingerprint density at radius 2 is 1.96 bits per heavy atom. The second kappa shape index (κ2) is 10.1.